The molecule has 1 fully saturated rings. The Bertz CT molecular complexity index is 415. The van der Waals surface area contributed by atoms with Crippen LogP contribution in [-0.4, -0.2) is 12.1 Å². The van der Waals surface area contributed by atoms with Crippen molar-refractivity contribution < 1.29 is 13.5 Å². The lowest BCUT2D eigenvalue weighted by Gasteiger charge is -2.27. The Kier molecular flexibility index (Phi) is 4.88. The molecule has 1 saturated carbocycles. The zero-order valence-corrected chi connectivity index (χ0v) is 11.1. The Morgan fingerprint density at radius 2 is 1.79 bits per heavy atom. The molecular formula is C15H21F2NO. The molecule has 106 valence electrons. The number of ether oxygens (including phenoxy) is 1. The van der Waals surface area contributed by atoms with E-state index in [9.17, 15) is 8.78 Å². The summed E-state index contributed by atoms with van der Waals surface area (Å²) in [6, 6.07) is 3.54. The highest BCUT2D eigenvalue weighted by Gasteiger charge is 2.26. The lowest BCUT2D eigenvalue weighted by molar-refractivity contribution is 0.0651. The third-order valence-corrected chi connectivity index (χ3v) is 3.76. The summed E-state index contributed by atoms with van der Waals surface area (Å²) in [6.45, 7) is 0.578. The summed E-state index contributed by atoms with van der Waals surface area (Å²) in [5.41, 5.74) is 6.40. The standard InChI is InChI=1S/C15H21F2NO/c16-13-6-5-12(14(17)9-13)10-19-11-15(18)7-3-1-2-4-8-15/h5-6,9H,1-4,7-8,10-11,18H2. The van der Waals surface area contributed by atoms with Crippen molar-refractivity contribution in [2.75, 3.05) is 6.61 Å². The van der Waals surface area contributed by atoms with Crippen molar-refractivity contribution in [2.45, 2.75) is 50.7 Å². The van der Waals surface area contributed by atoms with Gasteiger partial charge >= 0.3 is 0 Å². The molecule has 0 saturated heterocycles. The Hall–Kier alpha value is -1.00. The molecule has 1 aromatic rings. The van der Waals surface area contributed by atoms with E-state index < -0.39 is 11.6 Å². The molecule has 1 aromatic carbocycles. The van der Waals surface area contributed by atoms with Crippen molar-refractivity contribution in [1.82, 2.24) is 0 Å². The summed E-state index contributed by atoms with van der Waals surface area (Å²) in [4.78, 5) is 0. The van der Waals surface area contributed by atoms with Crippen LogP contribution in [0.2, 0.25) is 0 Å². The predicted molar refractivity (Wildman–Crippen MR) is 70.6 cm³/mol. The van der Waals surface area contributed by atoms with E-state index in [0.717, 1.165) is 31.7 Å². The fourth-order valence-corrected chi connectivity index (χ4v) is 2.58. The topological polar surface area (TPSA) is 35.2 Å². The van der Waals surface area contributed by atoms with Crippen molar-refractivity contribution in [2.24, 2.45) is 5.73 Å². The average molecular weight is 269 g/mol. The van der Waals surface area contributed by atoms with Crippen LogP contribution >= 0.6 is 0 Å². The van der Waals surface area contributed by atoms with Gasteiger partial charge in [0.1, 0.15) is 11.6 Å². The highest BCUT2D eigenvalue weighted by Crippen LogP contribution is 2.25. The lowest BCUT2D eigenvalue weighted by atomic mass is 9.92. The normalized spacial score (nSPS) is 19.1. The molecule has 0 unspecified atom stereocenters. The van der Waals surface area contributed by atoms with Gasteiger partial charge in [0.05, 0.1) is 13.2 Å². The van der Waals surface area contributed by atoms with Crippen molar-refractivity contribution in [3.05, 3.63) is 35.4 Å². The molecule has 1 aliphatic carbocycles. The van der Waals surface area contributed by atoms with E-state index in [1.807, 2.05) is 0 Å². The van der Waals surface area contributed by atoms with Gasteiger partial charge < -0.3 is 10.5 Å². The summed E-state index contributed by atoms with van der Waals surface area (Å²) in [6.07, 6.45) is 6.63. The second kappa shape index (κ2) is 6.44. The molecule has 2 rings (SSSR count). The largest absolute Gasteiger partial charge is 0.375 e. The van der Waals surface area contributed by atoms with Gasteiger partial charge in [-0.2, -0.15) is 0 Å². The molecule has 0 atom stereocenters. The molecule has 19 heavy (non-hydrogen) atoms. The van der Waals surface area contributed by atoms with E-state index in [-0.39, 0.29) is 12.1 Å². The maximum Gasteiger partial charge on any atom is 0.131 e. The van der Waals surface area contributed by atoms with Crippen LogP contribution in [0.1, 0.15) is 44.1 Å². The summed E-state index contributed by atoms with van der Waals surface area (Å²) < 4.78 is 31.7. The zero-order chi connectivity index (χ0) is 13.7. The minimum absolute atomic E-state index is 0.144. The first kappa shape index (κ1) is 14.4. The van der Waals surface area contributed by atoms with Crippen LogP contribution in [0.4, 0.5) is 8.78 Å². The first-order chi connectivity index (χ1) is 9.09. The van der Waals surface area contributed by atoms with Crippen LogP contribution in [0.5, 0.6) is 0 Å². The molecule has 0 aromatic heterocycles. The molecule has 1 aliphatic rings. The Morgan fingerprint density at radius 1 is 1.11 bits per heavy atom. The Balaban J connectivity index is 1.85. The number of hydrogen-bond donors (Lipinski definition) is 1. The Morgan fingerprint density at radius 3 is 2.42 bits per heavy atom. The van der Waals surface area contributed by atoms with E-state index in [1.165, 1.54) is 25.0 Å². The first-order valence-corrected chi connectivity index (χ1v) is 6.90. The molecule has 0 amide bonds. The number of halogens is 2. The average Bonchev–Trinajstić information content (AvgIpc) is 2.57. The quantitative estimate of drug-likeness (QED) is 0.849. The van der Waals surface area contributed by atoms with Gasteiger partial charge in [-0.15, -0.1) is 0 Å². The minimum atomic E-state index is -0.569. The van der Waals surface area contributed by atoms with E-state index in [2.05, 4.69) is 0 Å². The maximum atomic E-state index is 13.4. The van der Waals surface area contributed by atoms with Gasteiger partial charge in [0.25, 0.3) is 0 Å². The minimum Gasteiger partial charge on any atom is -0.375 e. The zero-order valence-electron chi connectivity index (χ0n) is 11.1. The summed E-state index contributed by atoms with van der Waals surface area (Å²) in [5.74, 6) is -1.13. The second-order valence-corrected chi connectivity index (χ2v) is 5.51. The highest BCUT2D eigenvalue weighted by atomic mass is 19.1. The SMILES string of the molecule is NC1(COCc2ccc(F)cc2F)CCCCCC1. The number of nitrogens with two attached hydrogens (primary N) is 1. The molecule has 0 aliphatic heterocycles. The van der Waals surface area contributed by atoms with Crippen LogP contribution in [0.15, 0.2) is 18.2 Å². The monoisotopic (exact) mass is 269 g/mol. The van der Waals surface area contributed by atoms with Gasteiger partial charge in [0.2, 0.25) is 0 Å². The van der Waals surface area contributed by atoms with Crippen LogP contribution in [0, 0.1) is 11.6 Å². The third kappa shape index (κ3) is 4.25. The number of rotatable bonds is 4. The predicted octanol–water partition coefficient (Wildman–Crippen LogP) is 3.53. The van der Waals surface area contributed by atoms with Gasteiger partial charge in [-0.05, 0) is 18.9 Å². The molecule has 2 nitrogen and oxygen atoms in total. The van der Waals surface area contributed by atoms with Gasteiger partial charge in [0.15, 0.2) is 0 Å². The molecule has 2 N–H and O–H groups in total. The molecular weight excluding hydrogens is 248 g/mol. The fourth-order valence-electron chi connectivity index (χ4n) is 2.58. The Labute approximate surface area is 112 Å². The first-order valence-electron chi connectivity index (χ1n) is 6.90. The molecule has 0 radical (unpaired) electrons. The number of benzene rings is 1. The van der Waals surface area contributed by atoms with Gasteiger partial charge in [-0.3, -0.25) is 0 Å². The summed E-state index contributed by atoms with van der Waals surface area (Å²) in [5, 5.41) is 0. The van der Waals surface area contributed by atoms with E-state index in [1.54, 1.807) is 0 Å². The van der Waals surface area contributed by atoms with Crippen molar-refractivity contribution in [1.29, 1.82) is 0 Å². The van der Waals surface area contributed by atoms with Crippen molar-refractivity contribution in [3.63, 3.8) is 0 Å². The van der Waals surface area contributed by atoms with Gasteiger partial charge in [-0.1, -0.05) is 31.7 Å². The van der Waals surface area contributed by atoms with Crippen LogP contribution in [-0.2, 0) is 11.3 Å². The van der Waals surface area contributed by atoms with E-state index in [0.29, 0.717) is 12.2 Å². The molecule has 4 heteroatoms. The number of hydrogen-bond acceptors (Lipinski definition) is 2. The molecule has 0 heterocycles. The van der Waals surface area contributed by atoms with E-state index >= 15 is 0 Å². The van der Waals surface area contributed by atoms with Crippen molar-refractivity contribution in [3.8, 4) is 0 Å². The second-order valence-electron chi connectivity index (χ2n) is 5.51. The van der Waals surface area contributed by atoms with Gasteiger partial charge in [-0.25, -0.2) is 8.78 Å². The maximum absolute atomic E-state index is 13.4. The smallest absolute Gasteiger partial charge is 0.131 e. The molecule has 0 spiro atoms. The fraction of sp³-hybridized carbons (Fsp3) is 0.600. The van der Waals surface area contributed by atoms with Crippen molar-refractivity contribution >= 4 is 0 Å². The highest BCUT2D eigenvalue weighted by molar-refractivity contribution is 5.17. The van der Waals surface area contributed by atoms with E-state index in [4.69, 9.17) is 10.5 Å². The lowest BCUT2D eigenvalue weighted by Crippen LogP contribution is -2.43. The molecule has 0 bridgehead atoms. The summed E-state index contributed by atoms with van der Waals surface area (Å²) >= 11 is 0. The van der Waals surface area contributed by atoms with Crippen LogP contribution < -0.4 is 5.73 Å². The van der Waals surface area contributed by atoms with Crippen LogP contribution in [0.3, 0.4) is 0 Å². The summed E-state index contributed by atoms with van der Waals surface area (Å²) in [7, 11) is 0. The van der Waals surface area contributed by atoms with Gasteiger partial charge in [0, 0.05) is 17.2 Å². The third-order valence-electron chi connectivity index (χ3n) is 3.76. The van der Waals surface area contributed by atoms with Crippen LogP contribution in [0.25, 0.3) is 0 Å².